The molecule has 0 spiro atoms. The summed E-state index contributed by atoms with van der Waals surface area (Å²) in [6, 6.07) is 13.6. The Kier molecular flexibility index (Phi) is 10.9. The van der Waals surface area contributed by atoms with Crippen molar-refractivity contribution >= 4 is 23.4 Å². The van der Waals surface area contributed by atoms with Crippen molar-refractivity contribution in [3.8, 4) is 0 Å². The molecule has 190 valence electrons. The van der Waals surface area contributed by atoms with Gasteiger partial charge in [0, 0.05) is 47.9 Å². The third kappa shape index (κ3) is 8.51. The molecule has 2 aromatic carbocycles. The van der Waals surface area contributed by atoms with E-state index in [1.807, 2.05) is 63.8 Å². The van der Waals surface area contributed by atoms with Gasteiger partial charge in [-0.25, -0.2) is 0 Å². The van der Waals surface area contributed by atoms with Crippen LogP contribution in [0.3, 0.4) is 0 Å². The number of carbonyl (C=O) groups excluding carboxylic acids is 3. The summed E-state index contributed by atoms with van der Waals surface area (Å²) >= 11 is 0. The van der Waals surface area contributed by atoms with Crippen molar-refractivity contribution < 1.29 is 14.4 Å². The largest absolute Gasteiger partial charge is 0.348 e. The predicted molar refractivity (Wildman–Crippen MR) is 141 cm³/mol. The SMILES string of the molecule is CCCN(CCC)C(=O)c1cccc(C(=O)N[C@@H](C)[C@@H](N)C[C@@H](C)C(=O)Nc2ccc(C)cc2)c1. The molecule has 2 rings (SSSR count). The molecule has 0 unspecified atom stereocenters. The molecule has 0 aromatic heterocycles. The van der Waals surface area contributed by atoms with Crippen molar-refractivity contribution in [1.82, 2.24) is 10.2 Å². The second-order valence-corrected chi connectivity index (χ2v) is 9.29. The number of hydrogen-bond donors (Lipinski definition) is 3. The molecule has 0 radical (unpaired) electrons. The molecule has 0 saturated carbocycles. The van der Waals surface area contributed by atoms with Gasteiger partial charge in [0.15, 0.2) is 0 Å². The zero-order chi connectivity index (χ0) is 26.0. The fourth-order valence-electron chi connectivity index (χ4n) is 3.85. The third-order valence-electron chi connectivity index (χ3n) is 6.04. The van der Waals surface area contributed by atoms with Crippen LogP contribution < -0.4 is 16.4 Å². The molecule has 7 nitrogen and oxygen atoms in total. The van der Waals surface area contributed by atoms with Crippen molar-refractivity contribution in [2.75, 3.05) is 18.4 Å². The van der Waals surface area contributed by atoms with Gasteiger partial charge in [-0.05, 0) is 63.4 Å². The van der Waals surface area contributed by atoms with Gasteiger partial charge in [0.25, 0.3) is 11.8 Å². The van der Waals surface area contributed by atoms with Crippen molar-refractivity contribution in [2.45, 2.75) is 66.0 Å². The van der Waals surface area contributed by atoms with E-state index in [4.69, 9.17) is 5.73 Å². The number of aryl methyl sites for hydroxylation is 1. The first kappa shape index (κ1) is 28.1. The van der Waals surface area contributed by atoms with Gasteiger partial charge in [-0.2, -0.15) is 0 Å². The Hall–Kier alpha value is -3.19. The van der Waals surface area contributed by atoms with E-state index >= 15 is 0 Å². The zero-order valence-electron chi connectivity index (χ0n) is 21.6. The van der Waals surface area contributed by atoms with E-state index in [2.05, 4.69) is 10.6 Å². The van der Waals surface area contributed by atoms with Gasteiger partial charge < -0.3 is 21.3 Å². The first-order chi connectivity index (χ1) is 16.7. The van der Waals surface area contributed by atoms with E-state index in [0.717, 1.165) is 24.1 Å². The molecular formula is C28H40N4O3. The summed E-state index contributed by atoms with van der Waals surface area (Å²) in [5.41, 5.74) is 9.10. The Morgan fingerprint density at radius 3 is 2.14 bits per heavy atom. The Morgan fingerprint density at radius 1 is 0.943 bits per heavy atom. The molecule has 0 aliphatic carbocycles. The minimum atomic E-state index is -0.410. The van der Waals surface area contributed by atoms with Crippen LogP contribution in [-0.4, -0.2) is 47.8 Å². The predicted octanol–water partition coefficient (Wildman–Crippen LogP) is 4.37. The first-order valence-corrected chi connectivity index (χ1v) is 12.5. The quantitative estimate of drug-likeness (QED) is 0.420. The molecular weight excluding hydrogens is 440 g/mol. The Balaban J connectivity index is 1.95. The van der Waals surface area contributed by atoms with Crippen LogP contribution in [0.15, 0.2) is 48.5 Å². The topological polar surface area (TPSA) is 105 Å². The lowest BCUT2D eigenvalue weighted by Crippen LogP contribution is -2.47. The van der Waals surface area contributed by atoms with E-state index in [0.29, 0.717) is 30.6 Å². The normalized spacial score (nSPS) is 13.4. The van der Waals surface area contributed by atoms with Gasteiger partial charge in [0.05, 0.1) is 0 Å². The van der Waals surface area contributed by atoms with E-state index in [1.165, 1.54) is 0 Å². The van der Waals surface area contributed by atoms with Gasteiger partial charge in [0.2, 0.25) is 5.91 Å². The molecule has 2 aromatic rings. The molecule has 0 aliphatic heterocycles. The molecule has 3 amide bonds. The lowest BCUT2D eigenvalue weighted by molar-refractivity contribution is -0.119. The number of nitrogens with zero attached hydrogens (tertiary/aromatic N) is 1. The van der Waals surface area contributed by atoms with Crippen LogP contribution >= 0.6 is 0 Å². The smallest absolute Gasteiger partial charge is 0.253 e. The standard InChI is InChI=1S/C28H40N4O3/c1-6-15-32(16-7-2)28(35)23-10-8-9-22(18-23)27(34)30-21(5)25(29)17-20(4)26(33)31-24-13-11-19(3)12-14-24/h8-14,18,20-21,25H,6-7,15-17,29H2,1-5H3,(H,30,34)(H,31,33)/t20-,21+,25+/m1/s1. The minimum Gasteiger partial charge on any atom is -0.348 e. The maximum atomic E-state index is 12.9. The average Bonchev–Trinajstić information content (AvgIpc) is 2.84. The van der Waals surface area contributed by atoms with Crippen molar-refractivity contribution in [3.63, 3.8) is 0 Å². The molecule has 0 fully saturated rings. The summed E-state index contributed by atoms with van der Waals surface area (Å²) in [7, 11) is 0. The average molecular weight is 481 g/mol. The molecule has 0 aliphatic rings. The molecule has 35 heavy (non-hydrogen) atoms. The Labute approximate surface area is 209 Å². The fraction of sp³-hybridized carbons (Fsp3) is 0.464. The van der Waals surface area contributed by atoms with Gasteiger partial charge in [-0.15, -0.1) is 0 Å². The van der Waals surface area contributed by atoms with Crippen LogP contribution in [0.5, 0.6) is 0 Å². The first-order valence-electron chi connectivity index (χ1n) is 12.5. The second kappa shape index (κ2) is 13.6. The summed E-state index contributed by atoms with van der Waals surface area (Å²) in [5, 5.41) is 5.83. The van der Waals surface area contributed by atoms with Gasteiger partial charge >= 0.3 is 0 Å². The molecule has 0 bridgehead atoms. The van der Waals surface area contributed by atoms with Crippen LogP contribution in [-0.2, 0) is 4.79 Å². The highest BCUT2D eigenvalue weighted by molar-refractivity contribution is 5.99. The molecule has 3 atom stereocenters. The monoisotopic (exact) mass is 480 g/mol. The number of nitrogens with one attached hydrogen (secondary N) is 2. The maximum Gasteiger partial charge on any atom is 0.253 e. The van der Waals surface area contributed by atoms with Gasteiger partial charge in [-0.3, -0.25) is 14.4 Å². The molecule has 0 heterocycles. The summed E-state index contributed by atoms with van der Waals surface area (Å²) in [6.45, 7) is 11.1. The lowest BCUT2D eigenvalue weighted by atomic mass is 9.96. The van der Waals surface area contributed by atoms with E-state index < -0.39 is 6.04 Å². The maximum absolute atomic E-state index is 12.9. The zero-order valence-corrected chi connectivity index (χ0v) is 21.6. The van der Waals surface area contributed by atoms with Crippen LogP contribution in [0.25, 0.3) is 0 Å². The van der Waals surface area contributed by atoms with E-state index in [9.17, 15) is 14.4 Å². The second-order valence-electron chi connectivity index (χ2n) is 9.29. The summed E-state index contributed by atoms with van der Waals surface area (Å²) in [5.74, 6) is -0.800. The van der Waals surface area contributed by atoms with Crippen LogP contribution in [0.4, 0.5) is 5.69 Å². The number of carbonyl (C=O) groups is 3. The fourth-order valence-corrected chi connectivity index (χ4v) is 3.85. The Morgan fingerprint density at radius 2 is 1.54 bits per heavy atom. The summed E-state index contributed by atoms with van der Waals surface area (Å²) in [4.78, 5) is 40.1. The van der Waals surface area contributed by atoms with Crippen LogP contribution in [0, 0.1) is 12.8 Å². The number of amides is 3. The molecule has 4 N–H and O–H groups in total. The summed E-state index contributed by atoms with van der Waals surface area (Å²) in [6.07, 6.45) is 2.17. The number of rotatable bonds is 12. The van der Waals surface area contributed by atoms with Gasteiger partial charge in [0.1, 0.15) is 0 Å². The highest BCUT2D eigenvalue weighted by Gasteiger charge is 2.23. The number of anilines is 1. The number of nitrogens with two attached hydrogens (primary N) is 1. The highest BCUT2D eigenvalue weighted by atomic mass is 16.2. The minimum absolute atomic E-state index is 0.0680. The van der Waals surface area contributed by atoms with E-state index in [-0.39, 0.29) is 29.7 Å². The third-order valence-corrected chi connectivity index (χ3v) is 6.04. The molecule has 0 saturated heterocycles. The van der Waals surface area contributed by atoms with Crippen LogP contribution in [0.2, 0.25) is 0 Å². The number of benzene rings is 2. The Bertz CT molecular complexity index is 984. The highest BCUT2D eigenvalue weighted by Crippen LogP contribution is 2.15. The lowest BCUT2D eigenvalue weighted by Gasteiger charge is -2.24. The van der Waals surface area contributed by atoms with Crippen LogP contribution in [0.1, 0.15) is 73.2 Å². The van der Waals surface area contributed by atoms with Crippen molar-refractivity contribution in [2.24, 2.45) is 11.7 Å². The van der Waals surface area contributed by atoms with E-state index in [1.54, 1.807) is 24.3 Å². The number of hydrogen-bond acceptors (Lipinski definition) is 4. The van der Waals surface area contributed by atoms with Crippen molar-refractivity contribution in [3.05, 3.63) is 65.2 Å². The summed E-state index contributed by atoms with van der Waals surface area (Å²) < 4.78 is 0. The van der Waals surface area contributed by atoms with Gasteiger partial charge in [-0.1, -0.05) is 44.5 Å². The van der Waals surface area contributed by atoms with Crippen molar-refractivity contribution in [1.29, 1.82) is 0 Å². The molecule has 7 heteroatoms.